The molecule has 8 heteroatoms. The molecule has 0 atom stereocenters. The van der Waals surface area contributed by atoms with Crippen molar-refractivity contribution in [3.05, 3.63) is 59.7 Å². The number of carbonyl (C=O) groups excluding carboxylic acids is 2. The van der Waals surface area contributed by atoms with Gasteiger partial charge in [-0.2, -0.15) is 0 Å². The first kappa shape index (κ1) is 16.6. The molecule has 0 fully saturated rings. The van der Waals surface area contributed by atoms with Crippen molar-refractivity contribution in [2.24, 2.45) is 0 Å². The Hall–Kier alpha value is -3.26. The maximum Gasteiger partial charge on any atom is 0.275 e. The summed E-state index contributed by atoms with van der Waals surface area (Å²) in [4.78, 5) is 31.7. The lowest BCUT2D eigenvalue weighted by Gasteiger charge is -2.05. The van der Waals surface area contributed by atoms with Crippen LogP contribution >= 0.6 is 11.3 Å². The van der Waals surface area contributed by atoms with Gasteiger partial charge < -0.3 is 16.0 Å². The van der Waals surface area contributed by atoms with Gasteiger partial charge in [0.1, 0.15) is 11.5 Å². The smallest absolute Gasteiger partial charge is 0.275 e. The van der Waals surface area contributed by atoms with Gasteiger partial charge in [0, 0.05) is 29.9 Å². The Morgan fingerprint density at radius 3 is 2.36 bits per heavy atom. The largest absolute Gasteiger partial charge is 0.326 e. The SMILES string of the molecule is CC(=O)Nc1ccc(NC(=O)c2csc(Nc3ccccn3)n2)cc1. The predicted molar refractivity (Wildman–Crippen MR) is 98.3 cm³/mol. The molecular weight excluding hydrogens is 338 g/mol. The third-order valence-corrected chi connectivity index (χ3v) is 3.86. The first-order valence-electron chi connectivity index (χ1n) is 7.43. The van der Waals surface area contributed by atoms with Gasteiger partial charge in [-0.1, -0.05) is 6.07 Å². The van der Waals surface area contributed by atoms with E-state index in [9.17, 15) is 9.59 Å². The molecule has 25 heavy (non-hydrogen) atoms. The number of benzene rings is 1. The van der Waals surface area contributed by atoms with Crippen LogP contribution in [0.25, 0.3) is 0 Å². The van der Waals surface area contributed by atoms with Crippen LogP contribution in [0.1, 0.15) is 17.4 Å². The summed E-state index contributed by atoms with van der Waals surface area (Å²) in [6.07, 6.45) is 1.67. The van der Waals surface area contributed by atoms with Crippen molar-refractivity contribution in [2.45, 2.75) is 6.92 Å². The molecule has 1 aromatic carbocycles. The Morgan fingerprint density at radius 2 is 1.72 bits per heavy atom. The maximum atomic E-state index is 12.3. The molecule has 2 amide bonds. The Kier molecular flexibility index (Phi) is 5.00. The summed E-state index contributed by atoms with van der Waals surface area (Å²) in [7, 11) is 0. The molecule has 0 bridgehead atoms. The Labute approximate surface area is 148 Å². The lowest BCUT2D eigenvalue weighted by Crippen LogP contribution is -2.12. The quantitative estimate of drug-likeness (QED) is 0.652. The second kappa shape index (κ2) is 7.54. The minimum atomic E-state index is -0.308. The van der Waals surface area contributed by atoms with Crippen molar-refractivity contribution < 1.29 is 9.59 Å². The van der Waals surface area contributed by atoms with E-state index in [2.05, 4.69) is 25.9 Å². The van der Waals surface area contributed by atoms with Crippen molar-refractivity contribution in [3.8, 4) is 0 Å². The van der Waals surface area contributed by atoms with Gasteiger partial charge in [0.2, 0.25) is 5.91 Å². The zero-order valence-electron chi connectivity index (χ0n) is 13.3. The number of hydrogen-bond acceptors (Lipinski definition) is 6. The van der Waals surface area contributed by atoms with Crippen LogP contribution in [0, 0.1) is 0 Å². The lowest BCUT2D eigenvalue weighted by molar-refractivity contribution is -0.114. The van der Waals surface area contributed by atoms with Crippen LogP contribution in [-0.2, 0) is 4.79 Å². The fourth-order valence-electron chi connectivity index (χ4n) is 2.02. The van der Waals surface area contributed by atoms with Crippen LogP contribution in [0.2, 0.25) is 0 Å². The molecule has 0 unspecified atom stereocenters. The number of thiazole rings is 1. The van der Waals surface area contributed by atoms with Crippen LogP contribution in [-0.4, -0.2) is 21.8 Å². The second-order valence-corrected chi connectivity index (χ2v) is 5.95. The number of pyridine rings is 1. The number of anilines is 4. The monoisotopic (exact) mass is 353 g/mol. The summed E-state index contributed by atoms with van der Waals surface area (Å²) in [6.45, 7) is 1.44. The van der Waals surface area contributed by atoms with E-state index >= 15 is 0 Å². The van der Waals surface area contributed by atoms with E-state index < -0.39 is 0 Å². The summed E-state index contributed by atoms with van der Waals surface area (Å²) in [6, 6.07) is 12.4. The highest BCUT2D eigenvalue weighted by Gasteiger charge is 2.11. The molecule has 0 saturated heterocycles. The number of amides is 2. The van der Waals surface area contributed by atoms with E-state index in [1.54, 1.807) is 35.8 Å². The molecule has 3 aromatic rings. The third-order valence-electron chi connectivity index (χ3n) is 3.10. The molecule has 2 aromatic heterocycles. The Morgan fingerprint density at radius 1 is 1.00 bits per heavy atom. The topological polar surface area (TPSA) is 96.0 Å². The highest BCUT2D eigenvalue weighted by atomic mass is 32.1. The predicted octanol–water partition coefficient (Wildman–Crippen LogP) is 3.49. The van der Waals surface area contributed by atoms with Crippen LogP contribution in [0.5, 0.6) is 0 Å². The summed E-state index contributed by atoms with van der Waals surface area (Å²) in [5.74, 6) is 0.210. The maximum absolute atomic E-state index is 12.3. The van der Waals surface area contributed by atoms with Gasteiger partial charge in [-0.05, 0) is 36.4 Å². The zero-order chi connectivity index (χ0) is 17.6. The first-order chi connectivity index (χ1) is 12.1. The van der Waals surface area contributed by atoms with Gasteiger partial charge in [-0.15, -0.1) is 11.3 Å². The fraction of sp³-hybridized carbons (Fsp3) is 0.0588. The van der Waals surface area contributed by atoms with Crippen LogP contribution in [0.4, 0.5) is 22.3 Å². The summed E-state index contributed by atoms with van der Waals surface area (Å²) < 4.78 is 0. The van der Waals surface area contributed by atoms with E-state index in [1.165, 1.54) is 18.3 Å². The average molecular weight is 353 g/mol. The molecule has 3 N–H and O–H groups in total. The molecule has 2 heterocycles. The highest BCUT2D eigenvalue weighted by Crippen LogP contribution is 2.20. The molecule has 0 saturated carbocycles. The first-order valence-corrected chi connectivity index (χ1v) is 8.31. The zero-order valence-corrected chi connectivity index (χ0v) is 14.1. The van der Waals surface area contributed by atoms with Crippen LogP contribution in [0.3, 0.4) is 0 Å². The summed E-state index contributed by atoms with van der Waals surface area (Å²) in [5.41, 5.74) is 1.60. The Balaban J connectivity index is 1.62. The third kappa shape index (κ3) is 4.61. The van der Waals surface area contributed by atoms with E-state index in [0.717, 1.165) is 0 Å². The van der Waals surface area contributed by atoms with E-state index in [-0.39, 0.29) is 11.8 Å². The molecule has 0 aliphatic carbocycles. The minimum Gasteiger partial charge on any atom is -0.326 e. The van der Waals surface area contributed by atoms with Gasteiger partial charge in [-0.25, -0.2) is 9.97 Å². The number of carbonyl (C=O) groups is 2. The van der Waals surface area contributed by atoms with Gasteiger partial charge in [0.05, 0.1) is 0 Å². The molecule has 7 nitrogen and oxygen atoms in total. The standard InChI is InChI=1S/C17H15N5O2S/c1-11(23)19-12-5-7-13(8-6-12)20-16(24)14-10-25-17(21-14)22-15-4-2-3-9-18-15/h2-10H,1H3,(H,19,23)(H,20,24)(H,18,21,22). The van der Waals surface area contributed by atoms with Crippen molar-refractivity contribution in [3.63, 3.8) is 0 Å². The summed E-state index contributed by atoms with van der Waals surface area (Å²) in [5, 5.41) is 10.7. The number of rotatable bonds is 5. The molecule has 0 radical (unpaired) electrons. The van der Waals surface area contributed by atoms with Crippen LogP contribution in [0.15, 0.2) is 54.0 Å². The highest BCUT2D eigenvalue weighted by molar-refractivity contribution is 7.14. The number of nitrogens with zero attached hydrogens (tertiary/aromatic N) is 2. The van der Waals surface area contributed by atoms with Gasteiger partial charge in [-0.3, -0.25) is 9.59 Å². The molecule has 126 valence electrons. The van der Waals surface area contributed by atoms with Crippen LogP contribution < -0.4 is 16.0 Å². The minimum absolute atomic E-state index is 0.146. The van der Waals surface area contributed by atoms with E-state index in [1.807, 2.05) is 18.2 Å². The van der Waals surface area contributed by atoms with Gasteiger partial charge >= 0.3 is 0 Å². The summed E-state index contributed by atoms with van der Waals surface area (Å²) >= 11 is 1.32. The number of hydrogen-bond donors (Lipinski definition) is 3. The fourth-order valence-corrected chi connectivity index (χ4v) is 2.71. The van der Waals surface area contributed by atoms with Crippen molar-refractivity contribution in [1.82, 2.24) is 9.97 Å². The van der Waals surface area contributed by atoms with Gasteiger partial charge in [0.25, 0.3) is 5.91 Å². The van der Waals surface area contributed by atoms with Gasteiger partial charge in [0.15, 0.2) is 5.13 Å². The molecule has 3 rings (SSSR count). The lowest BCUT2D eigenvalue weighted by atomic mass is 10.2. The average Bonchev–Trinajstić information content (AvgIpc) is 3.06. The van der Waals surface area contributed by atoms with E-state index in [4.69, 9.17) is 0 Å². The Bertz CT molecular complexity index is 878. The second-order valence-electron chi connectivity index (χ2n) is 5.09. The molecule has 0 aliphatic heterocycles. The molecule has 0 spiro atoms. The molecular formula is C17H15N5O2S. The number of aromatic nitrogens is 2. The molecule has 0 aliphatic rings. The van der Waals surface area contributed by atoms with Crippen molar-refractivity contribution >= 4 is 45.5 Å². The van der Waals surface area contributed by atoms with Crippen molar-refractivity contribution in [2.75, 3.05) is 16.0 Å². The normalized spacial score (nSPS) is 10.1. The van der Waals surface area contributed by atoms with Crippen molar-refractivity contribution in [1.29, 1.82) is 0 Å². The van der Waals surface area contributed by atoms with E-state index in [0.29, 0.717) is 28.0 Å². The number of nitrogens with one attached hydrogen (secondary N) is 3.